The van der Waals surface area contributed by atoms with E-state index in [-0.39, 0.29) is 11.7 Å². The van der Waals surface area contributed by atoms with Crippen molar-refractivity contribution in [3.63, 3.8) is 0 Å². The molecule has 0 aliphatic carbocycles. The smallest absolute Gasteiger partial charge is 0.263 e. The lowest BCUT2D eigenvalue weighted by Crippen LogP contribution is -2.29. The molecule has 0 saturated carbocycles. The fourth-order valence-corrected chi connectivity index (χ4v) is 3.42. The first-order valence-corrected chi connectivity index (χ1v) is 8.35. The minimum atomic E-state index is -0.282. The SMILES string of the molecule is Cc1nc(-c2ccc(F)cc2)sc1C(=O)NCC1=CCNCC1. The summed E-state index contributed by atoms with van der Waals surface area (Å²) in [5.74, 6) is -0.386. The number of nitrogens with zero attached hydrogens (tertiary/aromatic N) is 1. The van der Waals surface area contributed by atoms with Gasteiger partial charge in [-0.05, 0) is 44.2 Å². The third-order valence-corrected chi connectivity index (χ3v) is 4.93. The van der Waals surface area contributed by atoms with Gasteiger partial charge in [0.1, 0.15) is 15.7 Å². The Morgan fingerprint density at radius 3 is 2.87 bits per heavy atom. The van der Waals surface area contributed by atoms with Gasteiger partial charge in [0.05, 0.1) is 5.69 Å². The number of nitrogens with one attached hydrogen (secondary N) is 2. The summed E-state index contributed by atoms with van der Waals surface area (Å²) in [5, 5.41) is 6.93. The molecule has 0 radical (unpaired) electrons. The van der Waals surface area contributed by atoms with Crippen molar-refractivity contribution >= 4 is 17.2 Å². The van der Waals surface area contributed by atoms with Gasteiger partial charge in [-0.25, -0.2) is 9.37 Å². The number of amides is 1. The highest BCUT2D eigenvalue weighted by molar-refractivity contribution is 7.17. The Hall–Kier alpha value is -2.05. The van der Waals surface area contributed by atoms with E-state index in [2.05, 4.69) is 21.7 Å². The highest BCUT2D eigenvalue weighted by Crippen LogP contribution is 2.28. The molecule has 1 aromatic carbocycles. The van der Waals surface area contributed by atoms with Crippen LogP contribution in [0.5, 0.6) is 0 Å². The molecule has 0 atom stereocenters. The van der Waals surface area contributed by atoms with Crippen molar-refractivity contribution < 1.29 is 9.18 Å². The van der Waals surface area contributed by atoms with Crippen LogP contribution >= 0.6 is 11.3 Å². The van der Waals surface area contributed by atoms with Gasteiger partial charge in [0.2, 0.25) is 0 Å². The zero-order valence-electron chi connectivity index (χ0n) is 12.9. The summed E-state index contributed by atoms with van der Waals surface area (Å²) in [6.07, 6.45) is 3.08. The average molecular weight is 331 g/mol. The van der Waals surface area contributed by atoms with Gasteiger partial charge >= 0.3 is 0 Å². The highest BCUT2D eigenvalue weighted by Gasteiger charge is 2.16. The second-order valence-corrected chi connectivity index (χ2v) is 6.44. The molecule has 6 heteroatoms. The molecule has 2 heterocycles. The van der Waals surface area contributed by atoms with E-state index in [1.54, 1.807) is 12.1 Å². The molecule has 120 valence electrons. The van der Waals surface area contributed by atoms with Crippen LogP contribution in [-0.2, 0) is 0 Å². The van der Waals surface area contributed by atoms with Gasteiger partial charge in [-0.1, -0.05) is 11.6 Å². The minimum absolute atomic E-state index is 0.104. The zero-order valence-corrected chi connectivity index (χ0v) is 13.7. The number of thiazole rings is 1. The number of carbonyl (C=O) groups is 1. The summed E-state index contributed by atoms with van der Waals surface area (Å²) in [6.45, 7) is 4.21. The molecule has 0 unspecified atom stereocenters. The molecule has 3 rings (SSSR count). The normalized spacial score (nSPS) is 14.4. The number of benzene rings is 1. The maximum Gasteiger partial charge on any atom is 0.263 e. The molecule has 1 aromatic heterocycles. The fraction of sp³-hybridized carbons (Fsp3) is 0.294. The van der Waals surface area contributed by atoms with Gasteiger partial charge in [-0.3, -0.25) is 4.79 Å². The maximum atomic E-state index is 13.0. The average Bonchev–Trinajstić information content (AvgIpc) is 2.96. The summed E-state index contributed by atoms with van der Waals surface area (Å²) < 4.78 is 13.0. The monoisotopic (exact) mass is 331 g/mol. The predicted octanol–water partition coefficient (Wildman–Crippen LogP) is 2.91. The van der Waals surface area contributed by atoms with Crippen LogP contribution < -0.4 is 10.6 Å². The van der Waals surface area contributed by atoms with Crippen molar-refractivity contribution in [3.8, 4) is 10.6 Å². The lowest BCUT2D eigenvalue weighted by Gasteiger charge is -2.14. The topological polar surface area (TPSA) is 54.0 Å². The largest absolute Gasteiger partial charge is 0.348 e. The Balaban J connectivity index is 1.71. The first-order chi connectivity index (χ1) is 11.1. The van der Waals surface area contributed by atoms with Crippen molar-refractivity contribution in [3.05, 3.63) is 52.3 Å². The van der Waals surface area contributed by atoms with Crippen LogP contribution in [0, 0.1) is 12.7 Å². The van der Waals surface area contributed by atoms with E-state index in [1.165, 1.54) is 29.0 Å². The van der Waals surface area contributed by atoms with Crippen LogP contribution in [0.4, 0.5) is 4.39 Å². The van der Waals surface area contributed by atoms with E-state index in [1.807, 2.05) is 6.92 Å². The molecule has 0 saturated heterocycles. The van der Waals surface area contributed by atoms with Crippen LogP contribution in [0.3, 0.4) is 0 Å². The summed E-state index contributed by atoms with van der Waals surface area (Å²) in [5.41, 5.74) is 2.77. The fourth-order valence-electron chi connectivity index (χ4n) is 2.43. The summed E-state index contributed by atoms with van der Waals surface area (Å²) in [7, 11) is 0. The first-order valence-electron chi connectivity index (χ1n) is 7.53. The van der Waals surface area contributed by atoms with Crippen molar-refractivity contribution in [1.82, 2.24) is 15.6 Å². The summed E-state index contributed by atoms with van der Waals surface area (Å²) >= 11 is 1.34. The molecule has 1 aliphatic heterocycles. The van der Waals surface area contributed by atoms with Crippen molar-refractivity contribution in [2.45, 2.75) is 13.3 Å². The standard InChI is InChI=1S/C17H18FN3OS/c1-11-15(16(22)20-10-12-6-8-19-9-7-12)23-17(21-11)13-2-4-14(18)5-3-13/h2-6,19H,7-10H2,1H3,(H,20,22). The van der Waals surface area contributed by atoms with Crippen LogP contribution in [-0.4, -0.2) is 30.5 Å². The van der Waals surface area contributed by atoms with Crippen LogP contribution in [0.15, 0.2) is 35.9 Å². The Bertz CT molecular complexity index is 737. The molecule has 2 N–H and O–H groups in total. The molecule has 1 amide bonds. The zero-order chi connectivity index (χ0) is 16.2. The number of aryl methyl sites for hydroxylation is 1. The second-order valence-electron chi connectivity index (χ2n) is 5.44. The van der Waals surface area contributed by atoms with Gasteiger partial charge in [0.15, 0.2) is 0 Å². The van der Waals surface area contributed by atoms with Gasteiger partial charge in [0.25, 0.3) is 5.91 Å². The molecule has 0 fully saturated rings. The number of hydrogen-bond donors (Lipinski definition) is 2. The lowest BCUT2D eigenvalue weighted by molar-refractivity contribution is 0.0960. The van der Waals surface area contributed by atoms with E-state index in [0.29, 0.717) is 17.1 Å². The van der Waals surface area contributed by atoms with Gasteiger partial charge in [-0.15, -0.1) is 11.3 Å². The van der Waals surface area contributed by atoms with Crippen LogP contribution in [0.1, 0.15) is 21.8 Å². The van der Waals surface area contributed by atoms with Crippen molar-refractivity contribution in [2.24, 2.45) is 0 Å². The third kappa shape index (κ3) is 3.83. The highest BCUT2D eigenvalue weighted by atomic mass is 32.1. The van der Waals surface area contributed by atoms with Crippen molar-refractivity contribution in [2.75, 3.05) is 19.6 Å². The Kier molecular flexibility index (Phi) is 4.83. The van der Waals surface area contributed by atoms with Gasteiger partial charge in [-0.2, -0.15) is 0 Å². The first kappa shape index (κ1) is 15.8. The number of halogens is 1. The second kappa shape index (κ2) is 7.02. The van der Waals surface area contributed by atoms with E-state index < -0.39 is 0 Å². The number of aromatic nitrogens is 1. The molecular weight excluding hydrogens is 313 g/mol. The van der Waals surface area contributed by atoms with Crippen LogP contribution in [0.2, 0.25) is 0 Å². The number of hydrogen-bond acceptors (Lipinski definition) is 4. The van der Waals surface area contributed by atoms with Gasteiger partial charge in [0, 0.05) is 18.7 Å². The molecule has 0 bridgehead atoms. The summed E-state index contributed by atoms with van der Waals surface area (Å²) in [4.78, 5) is 17.4. The van der Waals surface area contributed by atoms with E-state index >= 15 is 0 Å². The van der Waals surface area contributed by atoms with Crippen LogP contribution in [0.25, 0.3) is 10.6 Å². The molecular formula is C17H18FN3OS. The van der Waals surface area contributed by atoms with Gasteiger partial charge < -0.3 is 10.6 Å². The number of rotatable bonds is 4. The molecule has 1 aliphatic rings. The molecule has 23 heavy (non-hydrogen) atoms. The maximum absolute atomic E-state index is 13.0. The number of carbonyl (C=O) groups excluding carboxylic acids is 1. The quantitative estimate of drug-likeness (QED) is 0.847. The van der Waals surface area contributed by atoms with E-state index in [4.69, 9.17) is 0 Å². The summed E-state index contributed by atoms with van der Waals surface area (Å²) in [6, 6.07) is 6.15. The molecule has 0 spiro atoms. The Morgan fingerprint density at radius 2 is 2.17 bits per heavy atom. The third-order valence-electron chi connectivity index (χ3n) is 3.73. The minimum Gasteiger partial charge on any atom is -0.348 e. The van der Waals surface area contributed by atoms with Crippen molar-refractivity contribution in [1.29, 1.82) is 0 Å². The van der Waals surface area contributed by atoms with E-state index in [0.717, 1.165) is 30.1 Å². The predicted molar refractivity (Wildman–Crippen MR) is 90.1 cm³/mol. The molecule has 2 aromatic rings. The molecule has 4 nitrogen and oxygen atoms in total. The lowest BCUT2D eigenvalue weighted by atomic mass is 10.1. The van der Waals surface area contributed by atoms with E-state index in [9.17, 15) is 9.18 Å². The Morgan fingerprint density at radius 1 is 1.39 bits per heavy atom. The Labute approximate surface area is 138 Å².